The quantitative estimate of drug-likeness (QED) is 0.765. The van der Waals surface area contributed by atoms with E-state index in [1.54, 1.807) is 48.8 Å². The zero-order valence-corrected chi connectivity index (χ0v) is 9.19. The summed E-state index contributed by atoms with van der Waals surface area (Å²) in [5.74, 6) is -0.137. The standard InChI is InChI=1S/C12H9ClN2O/c13-10-3-1-2-9(8-10)12(16)15-6-4-11(14)5-7-15/h1-8,14H/p+1. The van der Waals surface area contributed by atoms with E-state index in [1.807, 2.05) is 0 Å². The molecule has 0 fully saturated rings. The molecule has 0 radical (unpaired) electrons. The van der Waals surface area contributed by atoms with Crippen LogP contribution in [0.5, 0.6) is 0 Å². The molecular weight excluding hydrogens is 224 g/mol. The number of carbonyl (C=O) groups is 1. The average Bonchev–Trinajstić information content (AvgIpc) is 2.29. The van der Waals surface area contributed by atoms with Crippen LogP contribution in [0.3, 0.4) is 0 Å². The van der Waals surface area contributed by atoms with Gasteiger partial charge in [-0.15, -0.1) is 4.57 Å². The van der Waals surface area contributed by atoms with Crippen molar-refractivity contribution in [3.63, 3.8) is 0 Å². The van der Waals surface area contributed by atoms with Crippen LogP contribution in [0.1, 0.15) is 10.4 Å². The zero-order chi connectivity index (χ0) is 11.5. The minimum Gasteiger partial charge on any atom is -0.398 e. The number of aromatic nitrogens is 1. The normalized spacial score (nSPS) is 10.1. The Labute approximate surface area is 98.1 Å². The van der Waals surface area contributed by atoms with Crippen molar-refractivity contribution in [3.05, 3.63) is 59.4 Å². The summed E-state index contributed by atoms with van der Waals surface area (Å²) in [6.45, 7) is 0. The van der Waals surface area contributed by atoms with Gasteiger partial charge in [0.05, 0.1) is 5.56 Å². The van der Waals surface area contributed by atoms with Gasteiger partial charge in [-0.25, -0.2) is 4.79 Å². The molecule has 3 nitrogen and oxygen atoms in total. The Morgan fingerprint density at radius 2 is 1.88 bits per heavy atom. The molecule has 2 N–H and O–H groups in total. The number of carbonyl (C=O) groups excluding carboxylic acids is 1. The van der Waals surface area contributed by atoms with Gasteiger partial charge in [-0.2, -0.15) is 0 Å². The molecule has 0 aliphatic rings. The second-order valence-electron chi connectivity index (χ2n) is 3.35. The molecule has 1 aromatic carbocycles. The molecule has 2 rings (SSSR count). The van der Waals surface area contributed by atoms with Crippen molar-refractivity contribution in [2.24, 2.45) is 0 Å². The van der Waals surface area contributed by atoms with Gasteiger partial charge in [-0.1, -0.05) is 17.7 Å². The van der Waals surface area contributed by atoms with Crippen LogP contribution in [0, 0.1) is 0 Å². The molecule has 0 aliphatic carbocycles. The summed E-state index contributed by atoms with van der Waals surface area (Å²) in [5, 5.41) is 0.543. The van der Waals surface area contributed by atoms with Crippen LogP contribution < -0.4 is 10.3 Å². The first-order valence-corrected chi connectivity index (χ1v) is 5.12. The molecule has 16 heavy (non-hydrogen) atoms. The van der Waals surface area contributed by atoms with Gasteiger partial charge in [0.1, 0.15) is 0 Å². The van der Waals surface area contributed by atoms with Gasteiger partial charge in [0.25, 0.3) is 0 Å². The Morgan fingerprint density at radius 3 is 2.50 bits per heavy atom. The lowest BCUT2D eigenvalue weighted by Crippen LogP contribution is -2.42. The Bertz CT molecular complexity index is 523. The number of rotatable bonds is 1. The SMILES string of the molecule is Nc1cc[n+](C(=O)c2cccc(Cl)c2)cc1. The number of pyridine rings is 1. The predicted molar refractivity (Wildman–Crippen MR) is 62.2 cm³/mol. The summed E-state index contributed by atoms with van der Waals surface area (Å²) < 4.78 is 1.46. The van der Waals surface area contributed by atoms with Crippen LogP contribution in [0.25, 0.3) is 0 Å². The Hall–Kier alpha value is -1.87. The van der Waals surface area contributed by atoms with E-state index in [2.05, 4.69) is 0 Å². The third-order valence-electron chi connectivity index (χ3n) is 2.16. The fourth-order valence-electron chi connectivity index (χ4n) is 1.34. The van der Waals surface area contributed by atoms with Crippen LogP contribution in [0.2, 0.25) is 5.02 Å². The molecule has 0 unspecified atom stereocenters. The van der Waals surface area contributed by atoms with E-state index in [0.29, 0.717) is 16.3 Å². The third kappa shape index (κ3) is 2.20. The Balaban J connectivity index is 2.35. The van der Waals surface area contributed by atoms with Gasteiger partial charge in [0.2, 0.25) is 0 Å². The number of halogens is 1. The van der Waals surface area contributed by atoms with Crippen molar-refractivity contribution >= 4 is 23.2 Å². The number of hydrogen-bond acceptors (Lipinski definition) is 2. The molecule has 0 saturated carbocycles. The highest BCUT2D eigenvalue weighted by Gasteiger charge is 2.16. The van der Waals surface area contributed by atoms with Gasteiger partial charge < -0.3 is 5.73 Å². The van der Waals surface area contributed by atoms with E-state index < -0.39 is 0 Å². The smallest absolute Gasteiger partial charge is 0.398 e. The topological polar surface area (TPSA) is 47.0 Å². The summed E-state index contributed by atoms with van der Waals surface area (Å²) in [4.78, 5) is 12.0. The number of hydrogen-bond donors (Lipinski definition) is 1. The molecule has 0 atom stereocenters. The number of nitrogens with zero attached hydrogens (tertiary/aromatic N) is 1. The minimum absolute atomic E-state index is 0.137. The fraction of sp³-hybridized carbons (Fsp3) is 0. The lowest BCUT2D eigenvalue weighted by Gasteiger charge is -1.96. The molecular formula is C12H10ClN2O+. The number of nitrogen functional groups attached to an aromatic ring is 1. The first kappa shape index (κ1) is 10.6. The highest BCUT2D eigenvalue weighted by atomic mass is 35.5. The molecule has 4 heteroatoms. The third-order valence-corrected chi connectivity index (χ3v) is 2.40. The Morgan fingerprint density at radius 1 is 1.19 bits per heavy atom. The maximum atomic E-state index is 12.0. The lowest BCUT2D eigenvalue weighted by molar-refractivity contribution is -0.570. The average molecular weight is 234 g/mol. The van der Waals surface area contributed by atoms with Crippen molar-refractivity contribution in [3.8, 4) is 0 Å². The number of benzene rings is 1. The molecule has 1 aromatic heterocycles. The van der Waals surface area contributed by atoms with Crippen LogP contribution in [-0.2, 0) is 0 Å². The van der Waals surface area contributed by atoms with Crippen LogP contribution >= 0.6 is 11.6 Å². The highest BCUT2D eigenvalue weighted by molar-refractivity contribution is 6.30. The fourth-order valence-corrected chi connectivity index (χ4v) is 1.53. The molecule has 0 aliphatic heterocycles. The summed E-state index contributed by atoms with van der Waals surface area (Å²) in [7, 11) is 0. The summed E-state index contributed by atoms with van der Waals surface area (Å²) >= 11 is 5.82. The second kappa shape index (κ2) is 4.33. The highest BCUT2D eigenvalue weighted by Crippen LogP contribution is 2.10. The maximum Gasteiger partial charge on any atom is 0.424 e. The van der Waals surface area contributed by atoms with Gasteiger partial charge in [-0.05, 0) is 18.2 Å². The lowest BCUT2D eigenvalue weighted by atomic mass is 10.2. The predicted octanol–water partition coefficient (Wildman–Crippen LogP) is 1.90. The number of nitrogens with two attached hydrogens (primary N) is 1. The van der Waals surface area contributed by atoms with Crippen molar-refractivity contribution in [2.45, 2.75) is 0 Å². The Kier molecular flexibility index (Phi) is 2.88. The number of anilines is 1. The minimum atomic E-state index is -0.137. The van der Waals surface area contributed by atoms with E-state index in [1.165, 1.54) is 4.57 Å². The van der Waals surface area contributed by atoms with Crippen LogP contribution in [-0.4, -0.2) is 5.91 Å². The molecule has 2 aromatic rings. The maximum absolute atomic E-state index is 12.0. The van der Waals surface area contributed by atoms with E-state index in [4.69, 9.17) is 17.3 Å². The van der Waals surface area contributed by atoms with Gasteiger partial charge in [0, 0.05) is 22.8 Å². The molecule has 0 bridgehead atoms. The van der Waals surface area contributed by atoms with E-state index in [-0.39, 0.29) is 5.91 Å². The molecule has 0 amide bonds. The van der Waals surface area contributed by atoms with Gasteiger partial charge in [-0.3, -0.25) is 0 Å². The molecule has 0 spiro atoms. The molecule has 80 valence electrons. The largest absolute Gasteiger partial charge is 0.424 e. The van der Waals surface area contributed by atoms with Crippen LogP contribution in [0.4, 0.5) is 5.69 Å². The van der Waals surface area contributed by atoms with E-state index >= 15 is 0 Å². The van der Waals surface area contributed by atoms with Gasteiger partial charge in [0.15, 0.2) is 12.4 Å². The van der Waals surface area contributed by atoms with Crippen molar-refractivity contribution in [1.82, 2.24) is 0 Å². The van der Waals surface area contributed by atoms with E-state index in [9.17, 15) is 4.79 Å². The van der Waals surface area contributed by atoms with Crippen molar-refractivity contribution in [2.75, 3.05) is 5.73 Å². The summed E-state index contributed by atoms with van der Waals surface area (Å²) in [5.41, 5.74) is 6.71. The van der Waals surface area contributed by atoms with Crippen molar-refractivity contribution < 1.29 is 9.36 Å². The summed E-state index contributed by atoms with van der Waals surface area (Å²) in [6.07, 6.45) is 3.25. The summed E-state index contributed by atoms with van der Waals surface area (Å²) in [6, 6.07) is 10.2. The molecule has 1 heterocycles. The first-order valence-electron chi connectivity index (χ1n) is 4.74. The van der Waals surface area contributed by atoms with E-state index in [0.717, 1.165) is 0 Å². The first-order chi connectivity index (χ1) is 7.66. The zero-order valence-electron chi connectivity index (χ0n) is 8.43. The van der Waals surface area contributed by atoms with Crippen LogP contribution in [0.15, 0.2) is 48.8 Å². The molecule has 0 saturated heterocycles. The van der Waals surface area contributed by atoms with Crippen molar-refractivity contribution in [1.29, 1.82) is 0 Å². The second-order valence-corrected chi connectivity index (χ2v) is 3.79. The monoisotopic (exact) mass is 233 g/mol. The van der Waals surface area contributed by atoms with Gasteiger partial charge >= 0.3 is 5.91 Å².